The lowest BCUT2D eigenvalue weighted by atomic mass is 9.69. The molecule has 3 nitrogen and oxygen atoms in total. The summed E-state index contributed by atoms with van der Waals surface area (Å²) in [6.07, 6.45) is 13.0. The minimum atomic E-state index is -1.41. The van der Waals surface area contributed by atoms with Crippen LogP contribution in [0, 0.1) is 29.6 Å². The Morgan fingerprint density at radius 1 is 0.564 bits per heavy atom. The van der Waals surface area contributed by atoms with E-state index in [0.717, 1.165) is 109 Å². The van der Waals surface area contributed by atoms with Crippen LogP contribution in [0.2, 0.25) is 0 Å². The Labute approximate surface area is 236 Å². The molecule has 0 radical (unpaired) electrons. The molecule has 0 saturated heterocycles. The molecule has 4 aliphatic carbocycles. The van der Waals surface area contributed by atoms with E-state index in [1.165, 1.54) is 0 Å². The lowest BCUT2D eigenvalue weighted by molar-refractivity contribution is -0.0745. The molecule has 0 aromatic rings. The molecule has 0 spiro atoms. The first-order valence-corrected chi connectivity index (χ1v) is 16.8. The first kappa shape index (κ1) is 31.6. The minimum Gasteiger partial charge on any atom is -0.378 e. The average molecular weight is 559 g/mol. The predicted molar refractivity (Wildman–Crippen MR) is 151 cm³/mol. The Hall–Kier alpha value is -0.330. The summed E-state index contributed by atoms with van der Waals surface area (Å²) in [7, 11) is 0. The van der Waals surface area contributed by atoms with E-state index < -0.39 is 18.5 Å². The van der Waals surface area contributed by atoms with Crippen LogP contribution in [0.1, 0.15) is 123 Å². The maximum absolute atomic E-state index is 15.3. The lowest BCUT2D eigenvalue weighted by Crippen LogP contribution is -2.44. The molecule has 6 heteroatoms. The average Bonchev–Trinajstić information content (AvgIpc) is 2.96. The normalized spacial score (nSPS) is 41.9. The highest BCUT2D eigenvalue weighted by Gasteiger charge is 2.44. The molecule has 39 heavy (non-hydrogen) atoms. The van der Waals surface area contributed by atoms with E-state index in [2.05, 4.69) is 13.8 Å². The van der Waals surface area contributed by atoms with Gasteiger partial charge < -0.3 is 14.2 Å². The van der Waals surface area contributed by atoms with Crippen molar-refractivity contribution in [1.82, 2.24) is 0 Å². The molecule has 4 aliphatic rings. The van der Waals surface area contributed by atoms with E-state index in [1.807, 2.05) is 0 Å². The predicted octanol–water partition coefficient (Wildman–Crippen LogP) is 8.96. The lowest BCUT2D eigenvalue weighted by Gasteiger charge is -2.42. The second-order valence-corrected chi connectivity index (χ2v) is 13.4. The summed E-state index contributed by atoms with van der Waals surface area (Å²) >= 11 is 0. The van der Waals surface area contributed by atoms with Gasteiger partial charge in [0.25, 0.3) is 0 Å². The van der Waals surface area contributed by atoms with Gasteiger partial charge in [-0.05, 0) is 120 Å². The van der Waals surface area contributed by atoms with Gasteiger partial charge in [-0.2, -0.15) is 0 Å². The zero-order chi connectivity index (χ0) is 27.6. The first-order valence-electron chi connectivity index (χ1n) is 16.8. The molecule has 0 amide bonds. The molecule has 228 valence electrons. The van der Waals surface area contributed by atoms with Crippen LogP contribution in [0.5, 0.6) is 0 Å². The fourth-order valence-corrected chi connectivity index (χ4v) is 8.07. The maximum Gasteiger partial charge on any atom is 0.136 e. The van der Waals surface area contributed by atoms with E-state index in [1.54, 1.807) is 0 Å². The molecule has 4 rings (SSSR count). The van der Waals surface area contributed by atoms with Crippen molar-refractivity contribution >= 4 is 0 Å². The number of unbranched alkanes of at least 4 members (excludes halogenated alkanes) is 2. The molecule has 4 saturated carbocycles. The second-order valence-electron chi connectivity index (χ2n) is 13.4. The van der Waals surface area contributed by atoms with Gasteiger partial charge in [0, 0.05) is 19.1 Å². The molecule has 7 atom stereocenters. The molecule has 0 N–H and O–H groups in total. The molecule has 0 heterocycles. The summed E-state index contributed by atoms with van der Waals surface area (Å²) in [5.74, 6) is 0.838. The Morgan fingerprint density at radius 2 is 1.15 bits per heavy atom. The fraction of sp³-hybridized carbons (Fsp3) is 1.00. The third-order valence-electron chi connectivity index (χ3n) is 10.7. The third kappa shape index (κ3) is 9.08. The van der Waals surface area contributed by atoms with Gasteiger partial charge in [-0.3, -0.25) is 0 Å². The van der Waals surface area contributed by atoms with Gasteiger partial charge in [-0.25, -0.2) is 13.2 Å². The SMILES string of the molecule is CCCCOC1CCC(C2CCC(COC3CCC(C4CCC(OCCCC)C(F)C4)CC3)C(F)C2F)CC1. The van der Waals surface area contributed by atoms with Gasteiger partial charge in [0.2, 0.25) is 0 Å². The van der Waals surface area contributed by atoms with Crippen LogP contribution in [-0.2, 0) is 14.2 Å². The van der Waals surface area contributed by atoms with Crippen LogP contribution >= 0.6 is 0 Å². The number of rotatable bonds is 13. The van der Waals surface area contributed by atoms with Crippen LogP contribution in [0.15, 0.2) is 0 Å². The van der Waals surface area contributed by atoms with Crippen LogP contribution in [0.4, 0.5) is 13.2 Å². The Bertz CT molecular complexity index is 665. The van der Waals surface area contributed by atoms with Gasteiger partial charge in [0.05, 0.1) is 24.9 Å². The maximum atomic E-state index is 15.3. The molecule has 0 aliphatic heterocycles. The van der Waals surface area contributed by atoms with Gasteiger partial charge in [0.15, 0.2) is 0 Å². The molecule has 0 bridgehead atoms. The van der Waals surface area contributed by atoms with Crippen molar-refractivity contribution in [3.63, 3.8) is 0 Å². The largest absolute Gasteiger partial charge is 0.378 e. The van der Waals surface area contributed by atoms with Crippen molar-refractivity contribution in [1.29, 1.82) is 0 Å². The van der Waals surface area contributed by atoms with E-state index >= 15 is 8.78 Å². The Kier molecular flexibility index (Phi) is 13.2. The first-order chi connectivity index (χ1) is 19.0. The van der Waals surface area contributed by atoms with Gasteiger partial charge in [0.1, 0.15) is 18.5 Å². The molecule has 0 aromatic carbocycles. The van der Waals surface area contributed by atoms with Crippen molar-refractivity contribution in [2.24, 2.45) is 29.6 Å². The number of alkyl halides is 3. The van der Waals surface area contributed by atoms with Crippen molar-refractivity contribution in [2.45, 2.75) is 160 Å². The minimum absolute atomic E-state index is 0.141. The summed E-state index contributed by atoms with van der Waals surface area (Å²) < 4.78 is 63.2. The zero-order valence-electron chi connectivity index (χ0n) is 24.9. The Morgan fingerprint density at radius 3 is 1.79 bits per heavy atom. The Balaban J connectivity index is 1.11. The van der Waals surface area contributed by atoms with E-state index in [9.17, 15) is 4.39 Å². The van der Waals surface area contributed by atoms with Crippen LogP contribution in [-0.4, -0.2) is 56.6 Å². The number of hydrogen-bond acceptors (Lipinski definition) is 3. The van der Waals surface area contributed by atoms with Gasteiger partial charge in [-0.1, -0.05) is 26.7 Å². The van der Waals surface area contributed by atoms with Crippen LogP contribution in [0.3, 0.4) is 0 Å². The zero-order valence-corrected chi connectivity index (χ0v) is 24.9. The molecule has 4 fully saturated rings. The van der Waals surface area contributed by atoms with Crippen molar-refractivity contribution < 1.29 is 27.4 Å². The topological polar surface area (TPSA) is 27.7 Å². The van der Waals surface area contributed by atoms with Crippen molar-refractivity contribution in [3.8, 4) is 0 Å². The highest BCUT2D eigenvalue weighted by Crippen LogP contribution is 2.44. The number of ether oxygens (including phenoxy) is 3. The van der Waals surface area contributed by atoms with E-state index in [0.29, 0.717) is 43.5 Å². The third-order valence-corrected chi connectivity index (χ3v) is 10.7. The summed E-state index contributed by atoms with van der Waals surface area (Å²) in [5.41, 5.74) is 0. The molecular formula is C33H57F3O3. The highest BCUT2D eigenvalue weighted by atomic mass is 19.2. The van der Waals surface area contributed by atoms with Gasteiger partial charge >= 0.3 is 0 Å². The number of hydrogen-bond donors (Lipinski definition) is 0. The summed E-state index contributed by atoms with van der Waals surface area (Å²) in [4.78, 5) is 0. The number of halogens is 3. The van der Waals surface area contributed by atoms with E-state index in [4.69, 9.17) is 14.2 Å². The van der Waals surface area contributed by atoms with Crippen molar-refractivity contribution in [3.05, 3.63) is 0 Å². The highest BCUT2D eigenvalue weighted by molar-refractivity contribution is 4.93. The summed E-state index contributed by atoms with van der Waals surface area (Å²) in [6, 6.07) is 0. The van der Waals surface area contributed by atoms with Gasteiger partial charge in [-0.15, -0.1) is 0 Å². The molecule has 0 aromatic heterocycles. The van der Waals surface area contributed by atoms with Crippen LogP contribution in [0.25, 0.3) is 0 Å². The molecule has 7 unspecified atom stereocenters. The standard InChI is InChI=1S/C33H57F3O3/c1-3-5-19-37-27-15-9-24(10-16-27)29-17-11-26(32(35)33(29)36)22-39-28-13-7-23(8-14-28)25-12-18-31(30(34)21-25)38-20-6-4-2/h23-33H,3-22H2,1-2H3. The fourth-order valence-electron chi connectivity index (χ4n) is 8.07. The smallest absolute Gasteiger partial charge is 0.136 e. The van der Waals surface area contributed by atoms with Crippen molar-refractivity contribution in [2.75, 3.05) is 19.8 Å². The second kappa shape index (κ2) is 16.3. The van der Waals surface area contributed by atoms with E-state index in [-0.39, 0.29) is 24.0 Å². The quantitative estimate of drug-likeness (QED) is 0.211. The monoisotopic (exact) mass is 558 g/mol. The van der Waals surface area contributed by atoms with Crippen LogP contribution < -0.4 is 0 Å². The summed E-state index contributed by atoms with van der Waals surface area (Å²) in [6.45, 7) is 6.14. The summed E-state index contributed by atoms with van der Waals surface area (Å²) in [5, 5.41) is 0. The molecular weight excluding hydrogens is 501 g/mol.